The number of hydrogen-bond acceptors (Lipinski definition) is 3. The Labute approximate surface area is 139 Å². The van der Waals surface area contributed by atoms with Gasteiger partial charge in [0.2, 0.25) is 0 Å². The molecule has 0 fully saturated rings. The molecule has 0 unspecified atom stereocenters. The van der Waals surface area contributed by atoms with Crippen molar-refractivity contribution in [2.75, 3.05) is 5.32 Å². The molecule has 0 radical (unpaired) electrons. The number of halogens is 1. The summed E-state index contributed by atoms with van der Waals surface area (Å²) in [6.45, 7) is 3.82. The first-order valence-electron chi connectivity index (χ1n) is 6.93. The van der Waals surface area contributed by atoms with Gasteiger partial charge in [0.25, 0.3) is 0 Å². The van der Waals surface area contributed by atoms with Gasteiger partial charge in [-0.1, -0.05) is 47.5 Å². The zero-order valence-corrected chi connectivity index (χ0v) is 13.5. The van der Waals surface area contributed by atoms with E-state index in [-0.39, 0.29) is 0 Å². The SMILES string of the molecule is Cc1ccc(/C=N\NC(=O)C(=O)Nc2ccc(C)c(Cl)c2)cc1. The highest BCUT2D eigenvalue weighted by atomic mass is 35.5. The van der Waals surface area contributed by atoms with Gasteiger partial charge in [-0.3, -0.25) is 9.59 Å². The Bertz CT molecular complexity index is 755. The number of anilines is 1. The molecule has 0 heterocycles. The number of rotatable bonds is 3. The average Bonchev–Trinajstić information content (AvgIpc) is 2.52. The van der Waals surface area contributed by atoms with E-state index in [0.717, 1.165) is 16.7 Å². The zero-order chi connectivity index (χ0) is 16.8. The van der Waals surface area contributed by atoms with E-state index in [2.05, 4.69) is 15.8 Å². The first-order valence-corrected chi connectivity index (χ1v) is 7.31. The maximum absolute atomic E-state index is 11.8. The molecule has 6 heteroatoms. The second-order valence-electron chi connectivity index (χ2n) is 5.03. The third kappa shape index (κ3) is 4.93. The Balaban J connectivity index is 1.90. The number of nitrogens with one attached hydrogen (secondary N) is 2. The third-order valence-electron chi connectivity index (χ3n) is 3.09. The smallest absolute Gasteiger partial charge is 0.318 e. The van der Waals surface area contributed by atoms with Crippen molar-refractivity contribution in [3.8, 4) is 0 Å². The molecule has 2 amide bonds. The van der Waals surface area contributed by atoms with E-state index in [4.69, 9.17) is 11.6 Å². The summed E-state index contributed by atoms with van der Waals surface area (Å²) < 4.78 is 0. The molecule has 0 spiro atoms. The first kappa shape index (κ1) is 16.7. The van der Waals surface area contributed by atoms with Crippen LogP contribution in [0.4, 0.5) is 5.69 Å². The molecule has 2 rings (SSSR count). The van der Waals surface area contributed by atoms with Crippen LogP contribution in [-0.4, -0.2) is 18.0 Å². The molecule has 2 aromatic carbocycles. The Morgan fingerprint density at radius 3 is 2.39 bits per heavy atom. The van der Waals surface area contributed by atoms with Crippen molar-refractivity contribution in [2.45, 2.75) is 13.8 Å². The second-order valence-corrected chi connectivity index (χ2v) is 5.44. The standard InChI is InChI=1S/C17H16ClN3O2/c1-11-3-6-13(7-4-11)10-19-21-17(23)16(22)20-14-8-5-12(2)15(18)9-14/h3-10H,1-2H3,(H,20,22)(H,21,23)/b19-10-. The lowest BCUT2D eigenvalue weighted by molar-refractivity contribution is -0.136. The lowest BCUT2D eigenvalue weighted by Gasteiger charge is -2.05. The van der Waals surface area contributed by atoms with E-state index in [1.807, 2.05) is 38.1 Å². The van der Waals surface area contributed by atoms with Crippen LogP contribution in [0.15, 0.2) is 47.6 Å². The molecule has 118 valence electrons. The van der Waals surface area contributed by atoms with Crippen LogP contribution in [-0.2, 0) is 9.59 Å². The van der Waals surface area contributed by atoms with E-state index >= 15 is 0 Å². The topological polar surface area (TPSA) is 70.6 Å². The van der Waals surface area contributed by atoms with Crippen LogP contribution >= 0.6 is 11.6 Å². The molecular formula is C17H16ClN3O2. The zero-order valence-electron chi connectivity index (χ0n) is 12.8. The van der Waals surface area contributed by atoms with Gasteiger partial charge in [0, 0.05) is 10.7 Å². The maximum Gasteiger partial charge on any atom is 0.329 e. The molecule has 0 saturated carbocycles. The number of carbonyl (C=O) groups is 2. The summed E-state index contributed by atoms with van der Waals surface area (Å²) in [5.41, 5.74) is 5.46. The molecule has 2 N–H and O–H groups in total. The van der Waals surface area contributed by atoms with Crippen molar-refractivity contribution in [1.82, 2.24) is 5.43 Å². The highest BCUT2D eigenvalue weighted by Crippen LogP contribution is 2.19. The maximum atomic E-state index is 11.8. The van der Waals surface area contributed by atoms with Crippen LogP contribution in [0.3, 0.4) is 0 Å². The van der Waals surface area contributed by atoms with Crippen molar-refractivity contribution in [3.05, 3.63) is 64.2 Å². The van der Waals surface area contributed by atoms with Gasteiger partial charge in [-0.05, 0) is 37.1 Å². The van der Waals surface area contributed by atoms with Crippen molar-refractivity contribution in [1.29, 1.82) is 0 Å². The Morgan fingerprint density at radius 1 is 1.04 bits per heavy atom. The van der Waals surface area contributed by atoms with Crippen LogP contribution < -0.4 is 10.7 Å². The summed E-state index contributed by atoms with van der Waals surface area (Å²) in [6, 6.07) is 12.6. The largest absolute Gasteiger partial charge is 0.329 e. The summed E-state index contributed by atoms with van der Waals surface area (Å²) in [4.78, 5) is 23.4. The number of amides is 2. The van der Waals surface area contributed by atoms with Gasteiger partial charge in [0.05, 0.1) is 6.21 Å². The van der Waals surface area contributed by atoms with Gasteiger partial charge in [0.15, 0.2) is 0 Å². The fraction of sp³-hybridized carbons (Fsp3) is 0.118. The molecule has 2 aromatic rings. The number of carbonyl (C=O) groups excluding carboxylic acids is 2. The highest BCUT2D eigenvalue weighted by molar-refractivity contribution is 6.39. The molecule has 5 nitrogen and oxygen atoms in total. The quantitative estimate of drug-likeness (QED) is 0.516. The van der Waals surface area contributed by atoms with Gasteiger partial charge in [0.1, 0.15) is 0 Å². The molecule has 0 aromatic heterocycles. The van der Waals surface area contributed by atoms with Gasteiger partial charge >= 0.3 is 11.8 Å². The van der Waals surface area contributed by atoms with E-state index in [1.165, 1.54) is 6.21 Å². The van der Waals surface area contributed by atoms with E-state index < -0.39 is 11.8 Å². The lowest BCUT2D eigenvalue weighted by Crippen LogP contribution is -2.32. The van der Waals surface area contributed by atoms with Crippen molar-refractivity contribution >= 4 is 35.3 Å². The van der Waals surface area contributed by atoms with E-state index in [1.54, 1.807) is 18.2 Å². The van der Waals surface area contributed by atoms with Crippen LogP contribution in [0, 0.1) is 13.8 Å². The summed E-state index contributed by atoms with van der Waals surface area (Å²) in [7, 11) is 0. The number of benzene rings is 2. The average molecular weight is 330 g/mol. The Morgan fingerprint density at radius 2 is 1.74 bits per heavy atom. The lowest BCUT2D eigenvalue weighted by atomic mass is 10.2. The van der Waals surface area contributed by atoms with Gasteiger partial charge in [-0.15, -0.1) is 0 Å². The number of hydrazone groups is 1. The normalized spacial score (nSPS) is 10.6. The van der Waals surface area contributed by atoms with Crippen molar-refractivity contribution in [3.63, 3.8) is 0 Å². The van der Waals surface area contributed by atoms with Crippen LogP contribution in [0.1, 0.15) is 16.7 Å². The molecule has 0 aliphatic heterocycles. The highest BCUT2D eigenvalue weighted by Gasteiger charge is 2.13. The molecule has 0 bridgehead atoms. The molecule has 0 atom stereocenters. The number of nitrogens with zero attached hydrogens (tertiary/aromatic N) is 1. The van der Waals surface area contributed by atoms with E-state index in [9.17, 15) is 9.59 Å². The predicted molar refractivity (Wildman–Crippen MR) is 91.7 cm³/mol. The minimum atomic E-state index is -0.856. The molecule has 23 heavy (non-hydrogen) atoms. The minimum Gasteiger partial charge on any atom is -0.318 e. The predicted octanol–water partition coefficient (Wildman–Crippen LogP) is 3.05. The van der Waals surface area contributed by atoms with Crippen LogP contribution in [0.2, 0.25) is 5.02 Å². The minimum absolute atomic E-state index is 0.447. The Kier molecular flexibility index (Phi) is 5.49. The molecule has 0 saturated heterocycles. The van der Waals surface area contributed by atoms with E-state index in [0.29, 0.717) is 10.7 Å². The summed E-state index contributed by atoms with van der Waals surface area (Å²) in [6.07, 6.45) is 1.47. The first-order chi connectivity index (χ1) is 11.0. The van der Waals surface area contributed by atoms with Gasteiger partial charge < -0.3 is 5.32 Å². The summed E-state index contributed by atoms with van der Waals surface area (Å²) >= 11 is 5.96. The van der Waals surface area contributed by atoms with Crippen molar-refractivity contribution in [2.24, 2.45) is 5.10 Å². The Hall–Kier alpha value is -2.66. The number of hydrogen-bond donors (Lipinski definition) is 2. The molecule has 0 aliphatic rings. The third-order valence-corrected chi connectivity index (χ3v) is 3.50. The van der Waals surface area contributed by atoms with Gasteiger partial charge in [-0.25, -0.2) is 5.43 Å². The van der Waals surface area contributed by atoms with Crippen molar-refractivity contribution < 1.29 is 9.59 Å². The summed E-state index contributed by atoms with van der Waals surface area (Å²) in [5.74, 6) is -1.67. The fourth-order valence-corrected chi connectivity index (χ4v) is 1.91. The fourth-order valence-electron chi connectivity index (χ4n) is 1.73. The van der Waals surface area contributed by atoms with Crippen LogP contribution in [0.25, 0.3) is 0 Å². The molecule has 0 aliphatic carbocycles. The number of aryl methyl sites for hydroxylation is 2. The monoisotopic (exact) mass is 329 g/mol. The summed E-state index contributed by atoms with van der Waals surface area (Å²) in [5, 5.41) is 6.73. The van der Waals surface area contributed by atoms with Gasteiger partial charge in [-0.2, -0.15) is 5.10 Å². The second kappa shape index (κ2) is 7.56. The molecular weight excluding hydrogens is 314 g/mol. The van der Waals surface area contributed by atoms with Crippen LogP contribution in [0.5, 0.6) is 0 Å².